The number of alkyl halides is 3. The van der Waals surface area contributed by atoms with Crippen molar-refractivity contribution in [1.29, 1.82) is 0 Å². The Kier molecular flexibility index (Phi) is 9.09. The summed E-state index contributed by atoms with van der Waals surface area (Å²) in [6.07, 6.45) is -2.99. The van der Waals surface area contributed by atoms with Crippen molar-refractivity contribution < 1.29 is 27.9 Å². The molecule has 1 saturated heterocycles. The maximum absolute atomic E-state index is 13.2. The van der Waals surface area contributed by atoms with Gasteiger partial charge in [-0.15, -0.1) is 12.4 Å². The van der Waals surface area contributed by atoms with Crippen LogP contribution in [0.3, 0.4) is 0 Å². The molecule has 1 aliphatic rings. The zero-order chi connectivity index (χ0) is 22.4. The summed E-state index contributed by atoms with van der Waals surface area (Å²) in [7, 11) is 0. The molecule has 1 fully saturated rings. The minimum Gasteiger partial charge on any atom is -0.481 e. The van der Waals surface area contributed by atoms with Gasteiger partial charge in [0.15, 0.2) is 0 Å². The number of benzene rings is 2. The van der Waals surface area contributed by atoms with E-state index in [-0.39, 0.29) is 24.9 Å². The van der Waals surface area contributed by atoms with Crippen LogP contribution in [0.25, 0.3) is 0 Å². The Hall–Kier alpha value is -2.58. The number of hydrogen-bond acceptors (Lipinski definition) is 4. The predicted molar refractivity (Wildman–Crippen MR) is 118 cm³/mol. The van der Waals surface area contributed by atoms with E-state index in [9.17, 15) is 23.1 Å². The number of aryl methyl sites for hydroxylation is 1. The lowest BCUT2D eigenvalue weighted by molar-refractivity contribution is -0.143. The summed E-state index contributed by atoms with van der Waals surface area (Å²) >= 11 is 0. The van der Waals surface area contributed by atoms with Gasteiger partial charge in [0.1, 0.15) is 12.3 Å². The fraction of sp³-hybridized carbons (Fsp3) is 0.391. The van der Waals surface area contributed by atoms with E-state index >= 15 is 0 Å². The van der Waals surface area contributed by atoms with Crippen LogP contribution in [0, 0.1) is 12.8 Å². The molecule has 0 saturated carbocycles. The normalized spacial score (nSPS) is 17.5. The molecule has 3 rings (SSSR count). The Labute approximate surface area is 191 Å². The van der Waals surface area contributed by atoms with Crippen LogP contribution in [0.2, 0.25) is 0 Å². The standard InChI is InChI=1S/C23H25F3N2O3.ClH/c1-16-6-2-3-10-20(16)21(17-7-4-9-19(14-17)23(24,25)26)27-31-13-12-28-11-5-8-18(15-28)22(29)30;/h2-4,6-7,9-10,14,18H,5,8,11-13,15H2,1H3,(H,29,30);1H/t18-;/m1./s1. The molecule has 2 aromatic carbocycles. The van der Waals surface area contributed by atoms with Crippen LogP contribution in [0.5, 0.6) is 0 Å². The van der Waals surface area contributed by atoms with Crippen LogP contribution in [-0.4, -0.2) is 47.9 Å². The Morgan fingerprint density at radius 3 is 2.66 bits per heavy atom. The Morgan fingerprint density at radius 2 is 1.97 bits per heavy atom. The number of rotatable bonds is 7. The van der Waals surface area contributed by atoms with Crippen LogP contribution in [-0.2, 0) is 15.8 Å². The monoisotopic (exact) mass is 470 g/mol. The number of hydrogen-bond donors (Lipinski definition) is 1. The number of halogens is 4. The number of aliphatic carboxylic acids is 1. The molecule has 5 nitrogen and oxygen atoms in total. The van der Waals surface area contributed by atoms with Crippen LogP contribution in [0.1, 0.15) is 35.1 Å². The number of nitrogens with zero attached hydrogens (tertiary/aromatic N) is 2. The molecular weight excluding hydrogens is 445 g/mol. The van der Waals surface area contributed by atoms with Gasteiger partial charge in [-0.1, -0.05) is 41.6 Å². The molecular formula is C23H26ClF3N2O3. The molecule has 174 valence electrons. The maximum Gasteiger partial charge on any atom is 0.416 e. The van der Waals surface area contributed by atoms with Crippen molar-refractivity contribution in [2.75, 3.05) is 26.2 Å². The first-order valence-electron chi connectivity index (χ1n) is 10.1. The van der Waals surface area contributed by atoms with E-state index in [1.165, 1.54) is 6.07 Å². The van der Waals surface area contributed by atoms with Crippen LogP contribution < -0.4 is 0 Å². The van der Waals surface area contributed by atoms with E-state index in [4.69, 9.17) is 4.84 Å². The van der Waals surface area contributed by atoms with Gasteiger partial charge in [-0.05, 0) is 44.0 Å². The van der Waals surface area contributed by atoms with Gasteiger partial charge in [-0.2, -0.15) is 13.2 Å². The molecule has 0 radical (unpaired) electrons. The molecule has 0 aliphatic carbocycles. The van der Waals surface area contributed by atoms with Crippen molar-refractivity contribution in [1.82, 2.24) is 4.90 Å². The minimum absolute atomic E-state index is 0. The van der Waals surface area contributed by atoms with Gasteiger partial charge in [0.2, 0.25) is 0 Å². The van der Waals surface area contributed by atoms with Crippen molar-refractivity contribution in [3.05, 3.63) is 70.8 Å². The highest BCUT2D eigenvalue weighted by Gasteiger charge is 2.31. The first-order chi connectivity index (χ1) is 14.8. The van der Waals surface area contributed by atoms with Gasteiger partial charge >= 0.3 is 12.1 Å². The zero-order valence-electron chi connectivity index (χ0n) is 17.6. The van der Waals surface area contributed by atoms with Crippen molar-refractivity contribution in [2.24, 2.45) is 11.1 Å². The summed E-state index contributed by atoms with van der Waals surface area (Å²) in [5.74, 6) is -1.18. The molecule has 0 amide bonds. The lowest BCUT2D eigenvalue weighted by Crippen LogP contribution is -2.40. The first kappa shape index (κ1) is 25.7. The molecule has 1 N–H and O–H groups in total. The van der Waals surface area contributed by atoms with E-state index in [1.807, 2.05) is 24.0 Å². The Bertz CT molecular complexity index is 950. The fourth-order valence-electron chi connectivity index (χ4n) is 3.68. The number of carboxylic acid groups (broad SMARTS) is 1. The second-order valence-corrected chi connectivity index (χ2v) is 7.64. The number of carbonyl (C=O) groups is 1. The van der Waals surface area contributed by atoms with Crippen LogP contribution in [0.4, 0.5) is 13.2 Å². The highest BCUT2D eigenvalue weighted by atomic mass is 35.5. The topological polar surface area (TPSA) is 62.1 Å². The third-order valence-corrected chi connectivity index (χ3v) is 5.37. The number of carboxylic acids is 1. The van der Waals surface area contributed by atoms with Crippen LogP contribution in [0.15, 0.2) is 53.7 Å². The first-order valence-corrected chi connectivity index (χ1v) is 10.1. The summed E-state index contributed by atoms with van der Waals surface area (Å²) in [6.45, 7) is 3.81. The van der Waals surface area contributed by atoms with Crippen molar-refractivity contribution in [3.63, 3.8) is 0 Å². The van der Waals surface area contributed by atoms with E-state index in [0.29, 0.717) is 36.3 Å². The van der Waals surface area contributed by atoms with E-state index < -0.39 is 17.7 Å². The third kappa shape index (κ3) is 6.71. The van der Waals surface area contributed by atoms with Gasteiger partial charge in [0.25, 0.3) is 0 Å². The maximum atomic E-state index is 13.2. The third-order valence-electron chi connectivity index (χ3n) is 5.37. The van der Waals surface area contributed by atoms with Gasteiger partial charge in [-0.25, -0.2) is 0 Å². The molecule has 2 aromatic rings. The molecule has 32 heavy (non-hydrogen) atoms. The van der Waals surface area contributed by atoms with Gasteiger partial charge < -0.3 is 9.94 Å². The minimum atomic E-state index is -4.46. The highest BCUT2D eigenvalue weighted by Crippen LogP contribution is 2.30. The summed E-state index contributed by atoms with van der Waals surface area (Å²) in [4.78, 5) is 18.7. The van der Waals surface area contributed by atoms with Gasteiger partial charge in [0, 0.05) is 24.2 Å². The zero-order valence-corrected chi connectivity index (χ0v) is 18.5. The summed E-state index contributed by atoms with van der Waals surface area (Å²) in [5.41, 5.74) is 1.44. The van der Waals surface area contributed by atoms with E-state index in [1.54, 1.807) is 18.2 Å². The molecule has 0 aromatic heterocycles. The van der Waals surface area contributed by atoms with Crippen molar-refractivity contribution >= 4 is 24.1 Å². The molecule has 1 atom stereocenters. The van der Waals surface area contributed by atoms with Crippen molar-refractivity contribution in [2.45, 2.75) is 25.9 Å². The molecule has 0 unspecified atom stereocenters. The summed E-state index contributed by atoms with van der Waals surface area (Å²) < 4.78 is 39.6. The predicted octanol–water partition coefficient (Wildman–Crippen LogP) is 5.00. The smallest absolute Gasteiger partial charge is 0.416 e. The molecule has 1 aliphatic heterocycles. The summed E-state index contributed by atoms with van der Waals surface area (Å²) in [6, 6.07) is 12.3. The quantitative estimate of drug-likeness (QED) is 0.351. The van der Waals surface area contributed by atoms with Gasteiger partial charge in [0.05, 0.1) is 11.5 Å². The molecule has 0 bridgehead atoms. The number of oxime groups is 1. The fourth-order valence-corrected chi connectivity index (χ4v) is 3.68. The average Bonchev–Trinajstić information content (AvgIpc) is 2.74. The largest absolute Gasteiger partial charge is 0.481 e. The highest BCUT2D eigenvalue weighted by molar-refractivity contribution is 6.13. The van der Waals surface area contributed by atoms with Crippen LogP contribution >= 0.6 is 12.4 Å². The second-order valence-electron chi connectivity index (χ2n) is 7.64. The molecule has 9 heteroatoms. The van der Waals surface area contributed by atoms with E-state index in [0.717, 1.165) is 30.7 Å². The molecule has 0 spiro atoms. The lowest BCUT2D eigenvalue weighted by atomic mass is 9.97. The average molecular weight is 471 g/mol. The van der Waals surface area contributed by atoms with E-state index in [2.05, 4.69) is 5.16 Å². The Morgan fingerprint density at radius 1 is 1.22 bits per heavy atom. The molecule has 1 heterocycles. The van der Waals surface area contributed by atoms with Gasteiger partial charge in [-0.3, -0.25) is 9.69 Å². The number of likely N-dealkylation sites (tertiary alicyclic amines) is 1. The summed E-state index contributed by atoms with van der Waals surface area (Å²) in [5, 5.41) is 13.4. The second kappa shape index (κ2) is 11.3. The van der Waals surface area contributed by atoms with Crippen molar-refractivity contribution in [3.8, 4) is 0 Å². The Balaban J connectivity index is 0.00000363. The number of piperidine rings is 1. The SMILES string of the molecule is Cc1ccccc1C(=NOCCN1CCC[C@@H](C(=O)O)C1)c1cccc(C(F)(F)F)c1.Cl. The lowest BCUT2D eigenvalue weighted by Gasteiger charge is -2.30.